The molecule has 492 valence electrons. The van der Waals surface area contributed by atoms with Crippen LogP contribution in [0.15, 0.2) is 68.8 Å². The highest BCUT2D eigenvalue weighted by Gasteiger charge is 2.42. The molecule has 29 nitrogen and oxygen atoms in total. The van der Waals surface area contributed by atoms with Crippen LogP contribution >= 0.6 is 0 Å². The van der Waals surface area contributed by atoms with Crippen molar-refractivity contribution in [3.8, 4) is 0 Å². The molecule has 0 aliphatic rings. The minimum Gasteiger partial charge on any atom is -0.461 e. The molecule has 0 saturated carbocycles. The van der Waals surface area contributed by atoms with Gasteiger partial charge in [0.05, 0.1) is 56.9 Å². The molecule has 0 radical (unpaired) electrons. The van der Waals surface area contributed by atoms with Crippen LogP contribution < -0.4 is 49.7 Å². The van der Waals surface area contributed by atoms with Gasteiger partial charge in [0.2, 0.25) is 23.6 Å². The molecular weight excluding hydrogens is 1160 g/mol. The van der Waals surface area contributed by atoms with Gasteiger partial charge in [-0.25, -0.2) is 33.4 Å². The van der Waals surface area contributed by atoms with Crippen LogP contribution in [0.3, 0.4) is 0 Å². The van der Waals surface area contributed by atoms with Gasteiger partial charge in [-0.2, -0.15) is 15.3 Å². The number of ether oxygens (including phenoxy) is 4. The summed E-state index contributed by atoms with van der Waals surface area (Å²) in [6, 6.07) is 13.7. The number of hydrazone groups is 3. The molecule has 2 aromatic rings. The van der Waals surface area contributed by atoms with Gasteiger partial charge in [-0.05, 0) is 115 Å². The van der Waals surface area contributed by atoms with Crippen molar-refractivity contribution in [1.82, 2.24) is 38.0 Å². The summed E-state index contributed by atoms with van der Waals surface area (Å²) in [6.07, 6.45) is 0.306. The molecule has 0 aromatic heterocycles. The molecule has 0 saturated heterocycles. The summed E-state index contributed by atoms with van der Waals surface area (Å²) in [6.45, 7) is 18.4. The van der Waals surface area contributed by atoms with E-state index in [-0.39, 0.29) is 88.6 Å². The molecule has 29 heteroatoms. The molecule has 0 bridgehead atoms. The Morgan fingerprint density at radius 2 is 0.697 bits per heavy atom. The Bertz CT molecular complexity index is 2850. The molecule has 0 heterocycles. The maximum atomic E-state index is 12.8. The summed E-state index contributed by atoms with van der Waals surface area (Å²) < 4.78 is 21.5. The summed E-state index contributed by atoms with van der Waals surface area (Å²) in [5, 5.41) is 33.7. The lowest BCUT2D eigenvalue weighted by molar-refractivity contribution is -0.150. The van der Waals surface area contributed by atoms with Crippen molar-refractivity contribution in [3.63, 3.8) is 0 Å². The molecular formula is C60H91N13O16. The van der Waals surface area contributed by atoms with Gasteiger partial charge in [0.1, 0.15) is 26.4 Å². The Balaban J connectivity index is 1.73. The quantitative estimate of drug-likeness (QED) is 0.0114. The minimum absolute atomic E-state index is 0.0149. The van der Waals surface area contributed by atoms with Gasteiger partial charge in [0, 0.05) is 28.4 Å². The van der Waals surface area contributed by atoms with E-state index in [1.165, 1.54) is 20.8 Å². The first-order valence-corrected chi connectivity index (χ1v) is 29.3. The summed E-state index contributed by atoms with van der Waals surface area (Å²) in [7, 11) is 0. The van der Waals surface area contributed by atoms with Crippen LogP contribution in [0.1, 0.15) is 194 Å². The molecule has 89 heavy (non-hydrogen) atoms. The fraction of sp³-hybridized carbons (Fsp3) is 0.567. The van der Waals surface area contributed by atoms with Crippen LogP contribution in [0.5, 0.6) is 0 Å². The Kier molecular flexibility index (Phi) is 33.4. The molecule has 0 aliphatic heterocycles. The maximum absolute atomic E-state index is 12.8. The Morgan fingerprint density at radius 1 is 0.427 bits per heavy atom. The van der Waals surface area contributed by atoms with Crippen molar-refractivity contribution in [2.24, 2.45) is 32.0 Å². The predicted molar refractivity (Wildman–Crippen MR) is 328 cm³/mol. The molecule has 2 aromatic carbocycles. The third-order valence-corrected chi connectivity index (χ3v) is 14.5. The van der Waals surface area contributed by atoms with Crippen LogP contribution in [0.25, 0.3) is 0 Å². The van der Waals surface area contributed by atoms with E-state index in [1.54, 1.807) is 59.4 Å². The van der Waals surface area contributed by atoms with Crippen LogP contribution in [0.2, 0.25) is 0 Å². The normalized spacial score (nSPS) is 13.6. The molecule has 2 atom stereocenters. The minimum atomic E-state index is -2.63. The summed E-state index contributed by atoms with van der Waals surface area (Å²) in [5.41, 5.74) is 14.2. The van der Waals surface area contributed by atoms with E-state index in [2.05, 4.69) is 63.2 Å². The number of nitrogens with zero attached hydrogens (tertiary/aromatic N) is 4. The molecule has 2 rings (SSSR count). The summed E-state index contributed by atoms with van der Waals surface area (Å²) >= 11 is 0. The largest absolute Gasteiger partial charge is 0.461 e. The van der Waals surface area contributed by atoms with Crippen molar-refractivity contribution in [1.29, 1.82) is 0 Å². The SMILES string of the molecule is CCC(C)(CC)N=C(C)CCC(=O)OCc1ccc(COC(=O)CCC(C)=NNC(=O)CC(O)(CC(=O)NN=C(C)CCC(=O)OCc2ccc(COC(=O)CCC(C)=NNC(=O)CC(O)(CC(=O)NNC(C)(CC)CC)C(=O)NN)cc2)C(=O)NN)cc1. The number of benzene rings is 2. The number of rotatable bonds is 40. The average molecular weight is 1250 g/mol. The van der Waals surface area contributed by atoms with Crippen molar-refractivity contribution >= 4 is 82.2 Å². The van der Waals surface area contributed by atoms with Crippen molar-refractivity contribution in [2.45, 2.75) is 221 Å². The lowest BCUT2D eigenvalue weighted by atomic mass is 9.93. The standard InChI is InChI=1S/C60H91N13O16/c1-11-57(9,12-2)63-39(5)15-27-51(78)86-35-43-19-21-44(22-20-43)36-87-52(79)28-16-40(6)66-69-47(74)31-59(84,55(82)64-61)32-48(75)70-67-41(7)17-29-53(80)88-37-45-23-25-46(26-24-45)38-89-54(81)30-18-42(8)68-71-49(76)33-60(85,56(83)65-62)34-50(77)72-73-58(10,13-3)14-4/h19-26,73,84-85H,11-18,27-38,61-62H2,1-10H3,(H,64,82)(H,65,83)(H,69,74)(H,70,75)(H,71,76)(H,72,77). The number of hydrazine groups is 3. The van der Waals surface area contributed by atoms with Gasteiger partial charge in [-0.3, -0.25) is 69.2 Å². The molecule has 13 N–H and O–H groups in total. The second kappa shape index (κ2) is 38.8. The highest BCUT2D eigenvalue weighted by Crippen LogP contribution is 2.22. The van der Waals surface area contributed by atoms with Gasteiger partial charge in [0.15, 0.2) is 11.2 Å². The fourth-order valence-corrected chi connectivity index (χ4v) is 7.69. The zero-order valence-corrected chi connectivity index (χ0v) is 52.8. The number of hydrogen-bond donors (Lipinski definition) is 11. The van der Waals surface area contributed by atoms with Crippen molar-refractivity contribution in [3.05, 3.63) is 70.8 Å². The first-order chi connectivity index (χ1) is 42.0. The predicted octanol–water partition coefficient (Wildman–Crippen LogP) is 3.40. The van der Waals surface area contributed by atoms with E-state index in [0.717, 1.165) is 24.1 Å². The van der Waals surface area contributed by atoms with Gasteiger partial charge >= 0.3 is 23.9 Å². The first kappa shape index (κ1) is 76.7. The van der Waals surface area contributed by atoms with Gasteiger partial charge in [-0.15, -0.1) is 0 Å². The number of amides is 6. The molecule has 0 fully saturated rings. The lowest BCUT2D eigenvalue weighted by Crippen LogP contribution is -2.57. The van der Waals surface area contributed by atoms with E-state index in [9.17, 15) is 58.2 Å². The van der Waals surface area contributed by atoms with Crippen molar-refractivity contribution in [2.75, 3.05) is 0 Å². The molecule has 0 spiro atoms. The number of aliphatic hydroxyl groups is 2. The Labute approximate surface area is 519 Å². The maximum Gasteiger partial charge on any atom is 0.306 e. The van der Waals surface area contributed by atoms with E-state index in [1.807, 2.05) is 27.7 Å². The van der Waals surface area contributed by atoms with E-state index >= 15 is 0 Å². The lowest BCUT2D eigenvalue weighted by Gasteiger charge is -2.30. The first-order valence-electron chi connectivity index (χ1n) is 29.3. The number of hydrogen-bond acceptors (Lipinski definition) is 23. The number of carbonyl (C=O) groups is 10. The summed E-state index contributed by atoms with van der Waals surface area (Å²) in [4.78, 5) is 130. The Morgan fingerprint density at radius 3 is 0.955 bits per heavy atom. The molecule has 2 unspecified atom stereocenters. The highest BCUT2D eigenvalue weighted by molar-refractivity contribution is 5.97. The monoisotopic (exact) mass is 1250 g/mol. The van der Waals surface area contributed by atoms with Gasteiger partial charge in [0.25, 0.3) is 11.8 Å². The zero-order valence-electron chi connectivity index (χ0n) is 52.8. The number of nitrogens with two attached hydrogens (primary N) is 2. The third kappa shape index (κ3) is 30.4. The van der Waals surface area contributed by atoms with E-state index < -0.39 is 95.8 Å². The third-order valence-electron chi connectivity index (χ3n) is 14.5. The van der Waals surface area contributed by atoms with Crippen LogP contribution in [-0.2, 0) is 93.3 Å². The molecule has 0 aliphatic carbocycles. The number of esters is 4. The second-order valence-corrected chi connectivity index (χ2v) is 22.1. The topological polar surface area (TPSA) is 434 Å². The van der Waals surface area contributed by atoms with E-state index in [0.29, 0.717) is 47.4 Å². The number of nitrogens with one attached hydrogen (secondary N) is 7. The second-order valence-electron chi connectivity index (χ2n) is 22.1. The highest BCUT2D eigenvalue weighted by atomic mass is 16.5. The van der Waals surface area contributed by atoms with Crippen molar-refractivity contribution < 1.29 is 77.1 Å². The van der Waals surface area contributed by atoms with Gasteiger partial charge in [-0.1, -0.05) is 76.2 Å². The average Bonchev–Trinajstić information content (AvgIpc) is 3.71. The number of carbonyl (C=O) groups excluding carboxylic acids is 10. The summed E-state index contributed by atoms with van der Waals surface area (Å²) in [5.74, 6) is 2.43. The fourth-order valence-electron chi connectivity index (χ4n) is 7.69. The smallest absolute Gasteiger partial charge is 0.306 e. The Hall–Kier alpha value is -8.38. The zero-order chi connectivity index (χ0) is 66.8. The number of aliphatic imine (C=N–C) groups is 1. The van der Waals surface area contributed by atoms with Crippen LogP contribution in [-0.4, -0.2) is 115 Å². The van der Waals surface area contributed by atoms with Crippen LogP contribution in [0, 0.1) is 0 Å². The van der Waals surface area contributed by atoms with Gasteiger partial charge < -0.3 is 29.2 Å². The molecule has 6 amide bonds. The van der Waals surface area contributed by atoms with Crippen LogP contribution in [0.4, 0.5) is 0 Å². The van der Waals surface area contributed by atoms with E-state index in [4.69, 9.17) is 35.6 Å².